The minimum absolute atomic E-state index is 0.182. The molecule has 0 spiro atoms. The summed E-state index contributed by atoms with van der Waals surface area (Å²) in [5, 5.41) is 20.3. The number of ether oxygens (including phenoxy) is 1. The number of nitro groups is 1. The third kappa shape index (κ3) is 1.86. The lowest BCUT2D eigenvalue weighted by molar-refractivity contribution is -0.486. The van der Waals surface area contributed by atoms with Crippen LogP contribution in [0.15, 0.2) is 24.3 Å². The van der Waals surface area contributed by atoms with E-state index in [1.54, 1.807) is 19.1 Å². The Labute approximate surface area is 92.8 Å². The second-order valence-corrected chi connectivity index (χ2v) is 4.03. The standard InChI is InChI=1S/C11H13NO4/c1-7-9(6-12(14)15)8-4-2-3-5-10(8)16-11(7)13/h2-5,7,9,11,13H,6H2,1H3/t7-,9+,11?/m1/s1. The summed E-state index contributed by atoms with van der Waals surface area (Å²) in [7, 11) is 0. The van der Waals surface area contributed by atoms with E-state index in [-0.39, 0.29) is 23.3 Å². The molecule has 0 fully saturated rings. The van der Waals surface area contributed by atoms with Gasteiger partial charge in [0.15, 0.2) is 0 Å². The van der Waals surface area contributed by atoms with Gasteiger partial charge in [0.25, 0.3) is 0 Å². The monoisotopic (exact) mass is 223 g/mol. The van der Waals surface area contributed by atoms with Gasteiger partial charge in [0, 0.05) is 16.4 Å². The van der Waals surface area contributed by atoms with Crippen molar-refractivity contribution in [2.45, 2.75) is 19.1 Å². The molecule has 86 valence electrons. The molecule has 3 atom stereocenters. The molecule has 0 bridgehead atoms. The van der Waals surface area contributed by atoms with Gasteiger partial charge >= 0.3 is 0 Å². The highest BCUT2D eigenvalue weighted by Gasteiger charge is 2.37. The van der Waals surface area contributed by atoms with Gasteiger partial charge in [0.1, 0.15) is 5.75 Å². The maximum Gasteiger partial charge on any atom is 0.211 e. The van der Waals surface area contributed by atoms with Crippen molar-refractivity contribution in [3.8, 4) is 5.75 Å². The SMILES string of the molecule is C[C@H]1C(O)Oc2ccccc2[C@H]1C[N+](=O)[O-]. The molecule has 1 aromatic rings. The summed E-state index contributed by atoms with van der Waals surface area (Å²) >= 11 is 0. The summed E-state index contributed by atoms with van der Waals surface area (Å²) in [6.07, 6.45) is -0.972. The number of hydrogen-bond acceptors (Lipinski definition) is 4. The highest BCUT2D eigenvalue weighted by atomic mass is 16.6. The molecule has 1 unspecified atom stereocenters. The number of rotatable bonds is 2. The molecule has 16 heavy (non-hydrogen) atoms. The molecule has 0 radical (unpaired) electrons. The van der Waals surface area contributed by atoms with Crippen LogP contribution in [0.5, 0.6) is 5.75 Å². The van der Waals surface area contributed by atoms with Gasteiger partial charge in [-0.25, -0.2) is 0 Å². The molecule has 1 aliphatic heterocycles. The number of fused-ring (bicyclic) bond motifs is 1. The van der Waals surface area contributed by atoms with Crippen molar-refractivity contribution in [2.24, 2.45) is 5.92 Å². The van der Waals surface area contributed by atoms with Gasteiger partial charge in [-0.05, 0) is 6.07 Å². The average Bonchev–Trinajstić information content (AvgIpc) is 2.24. The number of benzene rings is 1. The lowest BCUT2D eigenvalue weighted by Crippen LogP contribution is -2.36. The molecule has 1 aromatic carbocycles. The molecule has 1 aliphatic rings. The maximum absolute atomic E-state index is 10.6. The Morgan fingerprint density at radius 1 is 1.50 bits per heavy atom. The van der Waals surface area contributed by atoms with Crippen molar-refractivity contribution in [1.29, 1.82) is 0 Å². The van der Waals surface area contributed by atoms with Crippen LogP contribution in [0.2, 0.25) is 0 Å². The zero-order chi connectivity index (χ0) is 11.7. The van der Waals surface area contributed by atoms with E-state index in [0.29, 0.717) is 5.75 Å². The predicted octanol–water partition coefficient (Wildman–Crippen LogP) is 1.39. The van der Waals surface area contributed by atoms with Crippen LogP contribution in [0, 0.1) is 16.0 Å². The Morgan fingerprint density at radius 2 is 2.19 bits per heavy atom. The smallest absolute Gasteiger partial charge is 0.211 e. The van der Waals surface area contributed by atoms with Gasteiger partial charge < -0.3 is 9.84 Å². The maximum atomic E-state index is 10.6. The largest absolute Gasteiger partial charge is 0.465 e. The van der Waals surface area contributed by atoms with Crippen LogP contribution in [0.25, 0.3) is 0 Å². The van der Waals surface area contributed by atoms with Gasteiger partial charge in [0.05, 0.1) is 5.92 Å². The average molecular weight is 223 g/mol. The van der Waals surface area contributed by atoms with Crippen LogP contribution in [-0.4, -0.2) is 22.9 Å². The first-order valence-corrected chi connectivity index (χ1v) is 5.15. The van der Waals surface area contributed by atoms with Crippen molar-refractivity contribution in [3.63, 3.8) is 0 Å². The molecule has 0 saturated heterocycles. The third-order valence-electron chi connectivity index (χ3n) is 3.00. The fourth-order valence-electron chi connectivity index (χ4n) is 2.04. The summed E-state index contributed by atoms with van der Waals surface area (Å²) in [5.74, 6) is -0.0322. The van der Waals surface area contributed by atoms with Crippen LogP contribution >= 0.6 is 0 Å². The molecular formula is C11H13NO4. The predicted molar refractivity (Wildman–Crippen MR) is 56.8 cm³/mol. The highest BCUT2D eigenvalue weighted by Crippen LogP contribution is 2.39. The second-order valence-electron chi connectivity index (χ2n) is 4.03. The van der Waals surface area contributed by atoms with Gasteiger partial charge in [-0.3, -0.25) is 10.1 Å². The van der Waals surface area contributed by atoms with E-state index < -0.39 is 6.29 Å². The van der Waals surface area contributed by atoms with Gasteiger partial charge in [-0.15, -0.1) is 0 Å². The van der Waals surface area contributed by atoms with E-state index in [1.165, 1.54) is 0 Å². The lowest BCUT2D eigenvalue weighted by Gasteiger charge is -2.32. The lowest BCUT2D eigenvalue weighted by atomic mass is 9.84. The van der Waals surface area contributed by atoms with Crippen molar-refractivity contribution in [1.82, 2.24) is 0 Å². The van der Waals surface area contributed by atoms with Crippen molar-refractivity contribution < 1.29 is 14.8 Å². The van der Waals surface area contributed by atoms with E-state index >= 15 is 0 Å². The zero-order valence-electron chi connectivity index (χ0n) is 8.87. The molecule has 0 aliphatic carbocycles. The van der Waals surface area contributed by atoms with E-state index in [4.69, 9.17) is 4.74 Å². The fraction of sp³-hybridized carbons (Fsp3) is 0.455. The Balaban J connectivity index is 2.37. The summed E-state index contributed by atoms with van der Waals surface area (Å²) < 4.78 is 5.29. The first-order valence-electron chi connectivity index (χ1n) is 5.15. The Kier molecular flexibility index (Phi) is 2.78. The molecule has 1 N–H and O–H groups in total. The first-order chi connectivity index (χ1) is 7.59. The minimum Gasteiger partial charge on any atom is -0.465 e. The molecule has 1 heterocycles. The number of aliphatic hydroxyl groups excluding tert-OH is 1. The zero-order valence-corrected chi connectivity index (χ0v) is 8.87. The molecular weight excluding hydrogens is 210 g/mol. The van der Waals surface area contributed by atoms with Crippen LogP contribution < -0.4 is 4.74 Å². The number of nitrogens with zero attached hydrogens (tertiary/aromatic N) is 1. The summed E-state index contributed by atoms with van der Waals surface area (Å²) in [6, 6.07) is 7.13. The van der Waals surface area contributed by atoms with Crippen molar-refractivity contribution in [3.05, 3.63) is 39.9 Å². The molecule has 5 heteroatoms. The molecule has 0 aromatic heterocycles. The minimum atomic E-state index is -0.972. The summed E-state index contributed by atoms with van der Waals surface area (Å²) in [6.45, 7) is 1.58. The second kappa shape index (κ2) is 4.09. The summed E-state index contributed by atoms with van der Waals surface area (Å²) in [5.41, 5.74) is 0.803. The number of hydrogen-bond donors (Lipinski definition) is 1. The third-order valence-corrected chi connectivity index (χ3v) is 3.00. The normalized spacial score (nSPS) is 28.0. The quantitative estimate of drug-likeness (QED) is 0.607. The number of aliphatic hydroxyl groups is 1. The van der Waals surface area contributed by atoms with E-state index in [2.05, 4.69) is 0 Å². The van der Waals surface area contributed by atoms with Crippen LogP contribution in [0.4, 0.5) is 0 Å². The van der Waals surface area contributed by atoms with Gasteiger partial charge in [0.2, 0.25) is 12.8 Å². The van der Waals surface area contributed by atoms with Crippen LogP contribution in [0.3, 0.4) is 0 Å². The molecule has 2 rings (SSSR count). The van der Waals surface area contributed by atoms with Crippen molar-refractivity contribution in [2.75, 3.05) is 6.54 Å². The molecule has 0 amide bonds. The molecule has 5 nitrogen and oxygen atoms in total. The van der Waals surface area contributed by atoms with Crippen LogP contribution in [-0.2, 0) is 0 Å². The Morgan fingerprint density at radius 3 is 2.88 bits per heavy atom. The van der Waals surface area contributed by atoms with E-state index in [9.17, 15) is 15.2 Å². The molecule has 0 saturated carbocycles. The van der Waals surface area contributed by atoms with E-state index in [1.807, 2.05) is 12.1 Å². The fourth-order valence-corrected chi connectivity index (χ4v) is 2.04. The topological polar surface area (TPSA) is 72.6 Å². The Bertz CT molecular complexity index is 407. The van der Waals surface area contributed by atoms with Crippen molar-refractivity contribution >= 4 is 0 Å². The summed E-state index contributed by atoms with van der Waals surface area (Å²) in [4.78, 5) is 10.3. The first kappa shape index (κ1) is 10.9. The van der Waals surface area contributed by atoms with Gasteiger partial charge in [-0.1, -0.05) is 25.1 Å². The van der Waals surface area contributed by atoms with E-state index in [0.717, 1.165) is 5.56 Å². The van der Waals surface area contributed by atoms with Crippen LogP contribution in [0.1, 0.15) is 18.4 Å². The number of para-hydroxylation sites is 1. The van der Waals surface area contributed by atoms with Gasteiger partial charge in [-0.2, -0.15) is 0 Å². The Hall–Kier alpha value is -1.62. The highest BCUT2D eigenvalue weighted by molar-refractivity contribution is 5.38.